The first kappa shape index (κ1) is 13.3. The summed E-state index contributed by atoms with van der Waals surface area (Å²) in [6.07, 6.45) is 3.56. The van der Waals surface area contributed by atoms with Crippen LogP contribution in [0.2, 0.25) is 0 Å². The molecule has 1 amide bonds. The van der Waals surface area contributed by atoms with Crippen LogP contribution in [0, 0.1) is 0 Å². The van der Waals surface area contributed by atoms with Crippen LogP contribution in [0.4, 0.5) is 5.69 Å². The lowest BCUT2D eigenvalue weighted by molar-refractivity contribution is -0.117. The SMILES string of the molecule is CC(C(=O)Nc1ccc2cnccc2c1)c1ccccc1. The fourth-order valence-corrected chi connectivity index (χ4v) is 2.30. The van der Waals surface area contributed by atoms with Gasteiger partial charge in [-0.1, -0.05) is 36.4 Å². The van der Waals surface area contributed by atoms with E-state index in [0.717, 1.165) is 22.0 Å². The summed E-state index contributed by atoms with van der Waals surface area (Å²) >= 11 is 0. The number of hydrogen-bond acceptors (Lipinski definition) is 2. The normalized spacial score (nSPS) is 12.0. The molecule has 0 aliphatic carbocycles. The van der Waals surface area contributed by atoms with E-state index in [1.807, 2.05) is 67.7 Å². The Morgan fingerprint density at radius 3 is 2.67 bits per heavy atom. The van der Waals surface area contributed by atoms with Crippen LogP contribution in [0.5, 0.6) is 0 Å². The summed E-state index contributed by atoms with van der Waals surface area (Å²) in [5.74, 6) is -0.186. The smallest absolute Gasteiger partial charge is 0.231 e. The van der Waals surface area contributed by atoms with Gasteiger partial charge in [0.25, 0.3) is 0 Å². The quantitative estimate of drug-likeness (QED) is 0.786. The second-order valence-electron chi connectivity index (χ2n) is 5.06. The molecule has 0 fully saturated rings. The summed E-state index contributed by atoms with van der Waals surface area (Å²) in [5, 5.41) is 5.10. The topological polar surface area (TPSA) is 42.0 Å². The number of carbonyl (C=O) groups is 1. The lowest BCUT2D eigenvalue weighted by Crippen LogP contribution is -2.18. The Morgan fingerprint density at radius 2 is 1.86 bits per heavy atom. The van der Waals surface area contributed by atoms with Crippen molar-refractivity contribution in [2.24, 2.45) is 0 Å². The van der Waals surface area contributed by atoms with E-state index in [1.54, 1.807) is 6.20 Å². The van der Waals surface area contributed by atoms with Gasteiger partial charge < -0.3 is 5.32 Å². The average molecular weight is 276 g/mol. The van der Waals surface area contributed by atoms with Crippen LogP contribution in [0.25, 0.3) is 10.8 Å². The molecule has 1 N–H and O–H groups in total. The van der Waals surface area contributed by atoms with Crippen molar-refractivity contribution in [1.29, 1.82) is 0 Å². The Hall–Kier alpha value is -2.68. The molecule has 0 aliphatic heterocycles. The molecule has 3 nitrogen and oxygen atoms in total. The fraction of sp³-hybridized carbons (Fsp3) is 0.111. The van der Waals surface area contributed by atoms with Crippen LogP contribution in [0.15, 0.2) is 67.0 Å². The minimum Gasteiger partial charge on any atom is -0.326 e. The van der Waals surface area contributed by atoms with Gasteiger partial charge in [-0.25, -0.2) is 0 Å². The Labute approximate surface area is 123 Å². The number of nitrogens with one attached hydrogen (secondary N) is 1. The Morgan fingerprint density at radius 1 is 1.05 bits per heavy atom. The van der Waals surface area contributed by atoms with E-state index in [1.165, 1.54) is 0 Å². The van der Waals surface area contributed by atoms with Crippen molar-refractivity contribution in [1.82, 2.24) is 4.98 Å². The predicted molar refractivity (Wildman–Crippen MR) is 85.2 cm³/mol. The molecule has 0 saturated carbocycles. The molecule has 1 heterocycles. The number of rotatable bonds is 3. The molecular formula is C18H16N2O. The van der Waals surface area contributed by atoms with E-state index in [2.05, 4.69) is 10.3 Å². The third kappa shape index (κ3) is 2.92. The number of aromatic nitrogens is 1. The van der Waals surface area contributed by atoms with Gasteiger partial charge in [0.1, 0.15) is 0 Å². The molecule has 0 saturated heterocycles. The lowest BCUT2D eigenvalue weighted by Gasteiger charge is -2.13. The van der Waals surface area contributed by atoms with E-state index < -0.39 is 0 Å². The highest BCUT2D eigenvalue weighted by molar-refractivity contribution is 5.97. The monoisotopic (exact) mass is 276 g/mol. The number of nitrogens with zero attached hydrogens (tertiary/aromatic N) is 1. The number of anilines is 1. The zero-order chi connectivity index (χ0) is 14.7. The van der Waals surface area contributed by atoms with Crippen molar-refractivity contribution in [3.8, 4) is 0 Å². The maximum atomic E-state index is 12.3. The van der Waals surface area contributed by atoms with Gasteiger partial charge in [0.2, 0.25) is 5.91 Å². The fourth-order valence-electron chi connectivity index (χ4n) is 2.30. The molecule has 0 spiro atoms. The van der Waals surface area contributed by atoms with Crippen LogP contribution in [0.3, 0.4) is 0 Å². The largest absolute Gasteiger partial charge is 0.326 e. The maximum absolute atomic E-state index is 12.3. The van der Waals surface area contributed by atoms with Crippen molar-refractivity contribution < 1.29 is 4.79 Å². The van der Waals surface area contributed by atoms with Gasteiger partial charge in [0.05, 0.1) is 5.92 Å². The average Bonchev–Trinajstić information content (AvgIpc) is 2.55. The number of benzene rings is 2. The molecule has 1 atom stereocenters. The van der Waals surface area contributed by atoms with Crippen LogP contribution < -0.4 is 5.32 Å². The van der Waals surface area contributed by atoms with Crippen molar-refractivity contribution in [3.63, 3.8) is 0 Å². The molecule has 0 radical (unpaired) electrons. The highest BCUT2D eigenvalue weighted by Crippen LogP contribution is 2.21. The van der Waals surface area contributed by atoms with Crippen molar-refractivity contribution in [2.75, 3.05) is 5.32 Å². The first-order valence-corrected chi connectivity index (χ1v) is 6.93. The van der Waals surface area contributed by atoms with Gasteiger partial charge in [-0.2, -0.15) is 0 Å². The van der Waals surface area contributed by atoms with Crippen molar-refractivity contribution >= 4 is 22.4 Å². The zero-order valence-electron chi connectivity index (χ0n) is 11.8. The van der Waals surface area contributed by atoms with Crippen LogP contribution >= 0.6 is 0 Å². The molecule has 3 aromatic rings. The van der Waals surface area contributed by atoms with Crippen molar-refractivity contribution in [2.45, 2.75) is 12.8 Å². The number of fused-ring (bicyclic) bond motifs is 1. The molecule has 0 aliphatic rings. The van der Waals surface area contributed by atoms with E-state index in [-0.39, 0.29) is 11.8 Å². The molecule has 2 aromatic carbocycles. The lowest BCUT2D eigenvalue weighted by atomic mass is 10.0. The highest BCUT2D eigenvalue weighted by Gasteiger charge is 2.14. The zero-order valence-corrected chi connectivity index (χ0v) is 11.8. The second kappa shape index (κ2) is 5.75. The molecule has 1 aromatic heterocycles. The van der Waals surface area contributed by atoms with Gasteiger partial charge in [-0.05, 0) is 36.1 Å². The summed E-state index contributed by atoms with van der Waals surface area (Å²) < 4.78 is 0. The molecular weight excluding hydrogens is 260 g/mol. The van der Waals surface area contributed by atoms with Crippen LogP contribution in [0.1, 0.15) is 18.4 Å². The van der Waals surface area contributed by atoms with E-state index in [0.29, 0.717) is 0 Å². The number of pyridine rings is 1. The Kier molecular flexibility index (Phi) is 3.65. The van der Waals surface area contributed by atoms with Gasteiger partial charge >= 0.3 is 0 Å². The van der Waals surface area contributed by atoms with E-state index in [9.17, 15) is 4.79 Å². The molecule has 1 unspecified atom stereocenters. The third-order valence-electron chi connectivity index (χ3n) is 3.60. The summed E-state index contributed by atoms with van der Waals surface area (Å²) in [7, 11) is 0. The standard InChI is InChI=1S/C18H16N2O/c1-13(14-5-3-2-4-6-14)18(21)20-17-8-7-16-12-19-10-9-15(16)11-17/h2-13H,1H3,(H,20,21). The van der Waals surface area contributed by atoms with Gasteiger partial charge in [0.15, 0.2) is 0 Å². The Balaban J connectivity index is 1.80. The first-order chi connectivity index (χ1) is 10.2. The van der Waals surface area contributed by atoms with Gasteiger partial charge in [0, 0.05) is 23.5 Å². The predicted octanol–water partition coefficient (Wildman–Crippen LogP) is 3.98. The highest BCUT2D eigenvalue weighted by atomic mass is 16.1. The molecule has 0 bridgehead atoms. The molecule has 104 valence electrons. The van der Waals surface area contributed by atoms with E-state index >= 15 is 0 Å². The molecule has 3 heteroatoms. The molecule has 21 heavy (non-hydrogen) atoms. The minimum absolute atomic E-state index is 0.00499. The second-order valence-corrected chi connectivity index (χ2v) is 5.06. The number of hydrogen-bond donors (Lipinski definition) is 1. The number of amides is 1. The minimum atomic E-state index is -0.181. The van der Waals surface area contributed by atoms with Gasteiger partial charge in [-0.3, -0.25) is 9.78 Å². The summed E-state index contributed by atoms with van der Waals surface area (Å²) in [6, 6.07) is 17.5. The summed E-state index contributed by atoms with van der Waals surface area (Å²) in [5.41, 5.74) is 1.82. The summed E-state index contributed by atoms with van der Waals surface area (Å²) in [4.78, 5) is 16.4. The first-order valence-electron chi connectivity index (χ1n) is 6.93. The van der Waals surface area contributed by atoms with Gasteiger partial charge in [-0.15, -0.1) is 0 Å². The number of carbonyl (C=O) groups excluding carboxylic acids is 1. The summed E-state index contributed by atoms with van der Waals surface area (Å²) in [6.45, 7) is 1.91. The Bertz CT molecular complexity index is 768. The van der Waals surface area contributed by atoms with Crippen molar-refractivity contribution in [3.05, 3.63) is 72.6 Å². The van der Waals surface area contributed by atoms with Crippen LogP contribution in [-0.2, 0) is 4.79 Å². The third-order valence-corrected chi connectivity index (χ3v) is 3.60. The van der Waals surface area contributed by atoms with E-state index in [4.69, 9.17) is 0 Å². The maximum Gasteiger partial charge on any atom is 0.231 e. The molecule has 3 rings (SSSR count). The van der Waals surface area contributed by atoms with Crippen LogP contribution in [-0.4, -0.2) is 10.9 Å².